The van der Waals surface area contributed by atoms with E-state index in [0.29, 0.717) is 13.2 Å². The van der Waals surface area contributed by atoms with Crippen molar-refractivity contribution in [3.63, 3.8) is 0 Å². The van der Waals surface area contributed by atoms with Gasteiger partial charge in [0.1, 0.15) is 6.61 Å². The number of hydrogen-bond donors (Lipinski definition) is 1. The minimum absolute atomic E-state index is 0.477. The summed E-state index contributed by atoms with van der Waals surface area (Å²) in [5.74, 6) is 1.54. The van der Waals surface area contributed by atoms with Crippen molar-refractivity contribution in [1.29, 1.82) is 0 Å². The van der Waals surface area contributed by atoms with E-state index < -0.39 is 0 Å². The van der Waals surface area contributed by atoms with Crippen LogP contribution in [0.15, 0.2) is 55.1 Å². The van der Waals surface area contributed by atoms with Crippen molar-refractivity contribution in [1.82, 2.24) is 5.32 Å². The van der Waals surface area contributed by atoms with Crippen LogP contribution in [0, 0.1) is 6.92 Å². The van der Waals surface area contributed by atoms with Crippen LogP contribution in [0.2, 0.25) is 0 Å². The number of nitrogens with one attached hydrogen (secondary N) is 1. The first-order valence-electron chi connectivity index (χ1n) is 7.98. The molecular weight excluding hydrogens is 286 g/mol. The third-order valence-electron chi connectivity index (χ3n) is 3.44. The minimum Gasteiger partial charge on any atom is -0.490 e. The molecule has 0 bridgehead atoms. The highest BCUT2D eigenvalue weighted by Crippen LogP contribution is 2.28. The Morgan fingerprint density at radius 2 is 1.65 bits per heavy atom. The first kappa shape index (κ1) is 17.1. The summed E-state index contributed by atoms with van der Waals surface area (Å²) >= 11 is 0. The van der Waals surface area contributed by atoms with E-state index in [1.807, 2.05) is 19.1 Å². The lowest BCUT2D eigenvalue weighted by Gasteiger charge is -2.13. The number of ether oxygens (including phenoxy) is 2. The highest BCUT2D eigenvalue weighted by Gasteiger charge is 2.06. The molecule has 0 aliphatic heterocycles. The standard InChI is InChI=1S/C20H25NO2/c1-4-12-23-19-11-10-18(13-20(19)22-5-2)15-21-14-17-8-6-16(3)7-9-17/h4,6-11,13,21H,1,5,12,14-15H2,2-3H3. The molecule has 0 atom stereocenters. The Balaban J connectivity index is 1.95. The lowest BCUT2D eigenvalue weighted by atomic mass is 10.1. The van der Waals surface area contributed by atoms with Crippen LogP contribution in [0.4, 0.5) is 0 Å². The minimum atomic E-state index is 0.477. The molecule has 0 amide bonds. The van der Waals surface area contributed by atoms with E-state index in [1.165, 1.54) is 16.7 Å². The summed E-state index contributed by atoms with van der Waals surface area (Å²) in [5.41, 5.74) is 3.74. The molecule has 0 heterocycles. The van der Waals surface area contributed by atoms with Crippen LogP contribution in [-0.2, 0) is 13.1 Å². The lowest BCUT2D eigenvalue weighted by molar-refractivity contribution is 0.296. The van der Waals surface area contributed by atoms with Gasteiger partial charge in [0.2, 0.25) is 0 Å². The van der Waals surface area contributed by atoms with Gasteiger partial charge in [-0.3, -0.25) is 0 Å². The second kappa shape index (κ2) is 9.01. The number of benzene rings is 2. The first-order valence-corrected chi connectivity index (χ1v) is 7.98. The van der Waals surface area contributed by atoms with E-state index in [2.05, 4.69) is 49.2 Å². The van der Waals surface area contributed by atoms with Gasteiger partial charge in [0.15, 0.2) is 11.5 Å². The van der Waals surface area contributed by atoms with Gasteiger partial charge in [-0.2, -0.15) is 0 Å². The second-order valence-electron chi connectivity index (χ2n) is 5.40. The van der Waals surface area contributed by atoms with Crippen molar-refractivity contribution in [2.24, 2.45) is 0 Å². The molecule has 0 aliphatic rings. The highest BCUT2D eigenvalue weighted by molar-refractivity contribution is 5.43. The zero-order chi connectivity index (χ0) is 16.5. The van der Waals surface area contributed by atoms with Crippen LogP contribution in [0.25, 0.3) is 0 Å². The Kier molecular flexibility index (Phi) is 6.70. The SMILES string of the molecule is C=CCOc1ccc(CNCc2ccc(C)cc2)cc1OCC. The molecule has 0 aliphatic carbocycles. The maximum atomic E-state index is 5.67. The number of rotatable bonds is 9. The normalized spacial score (nSPS) is 10.3. The van der Waals surface area contributed by atoms with Gasteiger partial charge in [-0.25, -0.2) is 0 Å². The van der Waals surface area contributed by atoms with Crippen LogP contribution >= 0.6 is 0 Å². The van der Waals surface area contributed by atoms with Gasteiger partial charge >= 0.3 is 0 Å². The maximum absolute atomic E-state index is 5.67. The molecule has 0 fully saturated rings. The summed E-state index contributed by atoms with van der Waals surface area (Å²) in [7, 11) is 0. The maximum Gasteiger partial charge on any atom is 0.161 e. The molecule has 0 unspecified atom stereocenters. The van der Waals surface area contributed by atoms with E-state index in [-0.39, 0.29) is 0 Å². The fourth-order valence-corrected chi connectivity index (χ4v) is 2.26. The average Bonchev–Trinajstić information content (AvgIpc) is 2.56. The molecule has 2 aromatic rings. The van der Waals surface area contributed by atoms with Crippen LogP contribution in [0.5, 0.6) is 11.5 Å². The van der Waals surface area contributed by atoms with Crippen LogP contribution in [0.1, 0.15) is 23.6 Å². The van der Waals surface area contributed by atoms with E-state index in [4.69, 9.17) is 9.47 Å². The van der Waals surface area contributed by atoms with Crippen molar-refractivity contribution in [3.8, 4) is 11.5 Å². The quantitative estimate of drug-likeness (QED) is 0.702. The van der Waals surface area contributed by atoms with Gasteiger partial charge < -0.3 is 14.8 Å². The second-order valence-corrected chi connectivity index (χ2v) is 5.40. The van der Waals surface area contributed by atoms with Gasteiger partial charge in [0.05, 0.1) is 6.61 Å². The molecular formula is C20H25NO2. The predicted octanol–water partition coefficient (Wildman–Crippen LogP) is 4.25. The van der Waals surface area contributed by atoms with Gasteiger partial charge in [-0.05, 0) is 37.1 Å². The van der Waals surface area contributed by atoms with E-state index in [9.17, 15) is 0 Å². The fourth-order valence-electron chi connectivity index (χ4n) is 2.26. The summed E-state index contributed by atoms with van der Waals surface area (Å²) in [6, 6.07) is 14.6. The van der Waals surface area contributed by atoms with Gasteiger partial charge in [0, 0.05) is 13.1 Å². The van der Waals surface area contributed by atoms with E-state index >= 15 is 0 Å². The molecule has 0 aromatic heterocycles. The average molecular weight is 311 g/mol. The van der Waals surface area contributed by atoms with Crippen molar-refractivity contribution in [2.45, 2.75) is 26.9 Å². The lowest BCUT2D eigenvalue weighted by Crippen LogP contribution is -2.12. The zero-order valence-corrected chi connectivity index (χ0v) is 14.0. The summed E-state index contributed by atoms with van der Waals surface area (Å²) in [4.78, 5) is 0. The fraction of sp³-hybridized carbons (Fsp3) is 0.300. The Labute approximate surface area is 138 Å². The summed E-state index contributed by atoms with van der Waals surface area (Å²) in [5, 5.41) is 3.46. The summed E-state index contributed by atoms with van der Waals surface area (Å²) in [6.07, 6.45) is 1.73. The predicted molar refractivity (Wildman–Crippen MR) is 95.0 cm³/mol. The Bertz CT molecular complexity index is 620. The third kappa shape index (κ3) is 5.46. The van der Waals surface area contributed by atoms with Gasteiger partial charge in [0.25, 0.3) is 0 Å². The Morgan fingerprint density at radius 1 is 0.957 bits per heavy atom. The van der Waals surface area contributed by atoms with E-state index in [1.54, 1.807) is 6.08 Å². The van der Waals surface area contributed by atoms with Crippen molar-refractivity contribution in [3.05, 3.63) is 71.8 Å². The smallest absolute Gasteiger partial charge is 0.161 e. The van der Waals surface area contributed by atoms with Crippen LogP contribution < -0.4 is 14.8 Å². The molecule has 23 heavy (non-hydrogen) atoms. The third-order valence-corrected chi connectivity index (χ3v) is 3.44. The number of aryl methyl sites for hydroxylation is 1. The van der Waals surface area contributed by atoms with Crippen LogP contribution in [0.3, 0.4) is 0 Å². The number of hydrogen-bond acceptors (Lipinski definition) is 3. The van der Waals surface area contributed by atoms with Crippen molar-refractivity contribution in [2.75, 3.05) is 13.2 Å². The summed E-state index contributed by atoms with van der Waals surface area (Å²) < 4.78 is 11.3. The zero-order valence-electron chi connectivity index (χ0n) is 14.0. The van der Waals surface area contributed by atoms with Crippen molar-refractivity contribution >= 4 is 0 Å². The molecule has 0 saturated heterocycles. The molecule has 0 saturated carbocycles. The van der Waals surface area contributed by atoms with Crippen LogP contribution in [-0.4, -0.2) is 13.2 Å². The first-order chi connectivity index (χ1) is 11.2. The Hall–Kier alpha value is -2.26. The molecule has 2 rings (SSSR count). The van der Waals surface area contributed by atoms with Gasteiger partial charge in [-0.15, -0.1) is 0 Å². The van der Waals surface area contributed by atoms with Gasteiger partial charge in [-0.1, -0.05) is 48.6 Å². The highest BCUT2D eigenvalue weighted by atomic mass is 16.5. The Morgan fingerprint density at radius 3 is 2.35 bits per heavy atom. The molecule has 2 aromatic carbocycles. The summed E-state index contributed by atoms with van der Waals surface area (Å²) in [6.45, 7) is 10.5. The van der Waals surface area contributed by atoms with Crippen molar-refractivity contribution < 1.29 is 9.47 Å². The monoisotopic (exact) mass is 311 g/mol. The molecule has 3 heteroatoms. The topological polar surface area (TPSA) is 30.5 Å². The molecule has 3 nitrogen and oxygen atoms in total. The molecule has 122 valence electrons. The van der Waals surface area contributed by atoms with E-state index in [0.717, 1.165) is 24.6 Å². The molecule has 0 spiro atoms. The molecule has 1 N–H and O–H groups in total. The molecule has 0 radical (unpaired) electrons. The largest absolute Gasteiger partial charge is 0.490 e.